The van der Waals surface area contributed by atoms with Gasteiger partial charge >= 0.3 is 5.97 Å². The Hall–Kier alpha value is -1.62. The summed E-state index contributed by atoms with van der Waals surface area (Å²) in [7, 11) is 0. The summed E-state index contributed by atoms with van der Waals surface area (Å²) >= 11 is 6.21. The zero-order valence-corrected chi connectivity index (χ0v) is 16.0. The average molecular weight is 399 g/mol. The lowest BCUT2D eigenvalue weighted by molar-refractivity contribution is -0.136. The Morgan fingerprint density at radius 1 is 1.30 bits per heavy atom. The number of ether oxygens (including phenoxy) is 1. The number of carboxylic acids is 1. The number of alkyl halides is 2. The maximum atomic E-state index is 13.9. The van der Waals surface area contributed by atoms with Gasteiger partial charge in [0.15, 0.2) is 0 Å². The van der Waals surface area contributed by atoms with E-state index in [1.165, 1.54) is 18.4 Å². The number of aliphatic carboxylic acids is 1. The van der Waals surface area contributed by atoms with Crippen molar-refractivity contribution in [1.82, 2.24) is 0 Å². The van der Waals surface area contributed by atoms with Crippen molar-refractivity contribution in [2.75, 3.05) is 6.61 Å². The lowest BCUT2D eigenvalue weighted by atomic mass is 9.81. The number of aryl methyl sites for hydroxylation is 1. The molecule has 3 rings (SSSR count). The summed E-state index contributed by atoms with van der Waals surface area (Å²) in [6.45, 7) is 0.159. The van der Waals surface area contributed by atoms with Gasteiger partial charge in [-0.2, -0.15) is 0 Å². The van der Waals surface area contributed by atoms with E-state index in [1.54, 1.807) is 18.2 Å². The van der Waals surface area contributed by atoms with Gasteiger partial charge in [0.05, 0.1) is 0 Å². The molecule has 1 fully saturated rings. The molecule has 0 bridgehead atoms. The second-order valence-electron chi connectivity index (χ2n) is 7.58. The molecule has 1 aromatic carbocycles. The molecule has 1 saturated carbocycles. The predicted molar refractivity (Wildman–Crippen MR) is 101 cm³/mol. The molecule has 0 unspecified atom stereocenters. The molecule has 1 aromatic rings. The van der Waals surface area contributed by atoms with Gasteiger partial charge < -0.3 is 9.84 Å². The highest BCUT2D eigenvalue weighted by Crippen LogP contribution is 2.44. The van der Waals surface area contributed by atoms with Gasteiger partial charge in [0.1, 0.15) is 12.4 Å². The van der Waals surface area contributed by atoms with Gasteiger partial charge in [0.25, 0.3) is 5.92 Å². The molecule has 1 N–H and O–H groups in total. The number of carboxylic acid groups (broad SMARTS) is 1. The third kappa shape index (κ3) is 5.44. The van der Waals surface area contributed by atoms with Crippen LogP contribution in [0.25, 0.3) is 0 Å². The number of hydrogen-bond donors (Lipinski definition) is 1. The molecule has 0 aromatic heterocycles. The van der Waals surface area contributed by atoms with Crippen molar-refractivity contribution < 1.29 is 23.4 Å². The van der Waals surface area contributed by atoms with Crippen LogP contribution in [0.2, 0.25) is 5.02 Å². The Bertz CT molecular complexity index is 724. The molecular weight excluding hydrogens is 374 g/mol. The minimum Gasteiger partial charge on any atom is -0.489 e. The third-order valence-corrected chi connectivity index (χ3v) is 5.93. The molecule has 0 atom stereocenters. The van der Waals surface area contributed by atoms with E-state index in [9.17, 15) is 13.6 Å². The quantitative estimate of drug-likeness (QED) is 0.569. The molecule has 0 spiro atoms. The van der Waals surface area contributed by atoms with Crippen molar-refractivity contribution in [2.24, 2.45) is 5.92 Å². The van der Waals surface area contributed by atoms with Gasteiger partial charge in [0, 0.05) is 24.3 Å². The fourth-order valence-corrected chi connectivity index (χ4v) is 4.42. The van der Waals surface area contributed by atoms with Gasteiger partial charge in [-0.25, -0.2) is 8.78 Å². The zero-order chi connectivity index (χ0) is 19.4. The summed E-state index contributed by atoms with van der Waals surface area (Å²) in [5.74, 6) is -2.58. The van der Waals surface area contributed by atoms with Crippen LogP contribution in [0.3, 0.4) is 0 Å². The SMILES string of the molecule is O=C(O)CCc1ccc(OCC2=C(C3CCCC3)CCC(F)(F)C2)cc1Cl. The molecule has 2 aliphatic carbocycles. The van der Waals surface area contributed by atoms with Gasteiger partial charge in [0.2, 0.25) is 0 Å². The highest BCUT2D eigenvalue weighted by atomic mass is 35.5. The molecule has 2 aliphatic rings. The predicted octanol–water partition coefficient (Wildman–Crippen LogP) is 6.04. The molecule has 3 nitrogen and oxygen atoms in total. The first-order valence-electron chi connectivity index (χ1n) is 9.56. The van der Waals surface area contributed by atoms with Crippen LogP contribution >= 0.6 is 11.6 Å². The second-order valence-corrected chi connectivity index (χ2v) is 7.99. The summed E-state index contributed by atoms with van der Waals surface area (Å²) in [6, 6.07) is 5.09. The Balaban J connectivity index is 1.69. The highest BCUT2D eigenvalue weighted by Gasteiger charge is 2.37. The van der Waals surface area contributed by atoms with Crippen molar-refractivity contribution >= 4 is 17.6 Å². The summed E-state index contributed by atoms with van der Waals surface area (Å²) in [5, 5.41) is 9.21. The smallest absolute Gasteiger partial charge is 0.303 e. The lowest BCUT2D eigenvalue weighted by Gasteiger charge is -2.30. The van der Waals surface area contributed by atoms with E-state index < -0.39 is 11.9 Å². The lowest BCUT2D eigenvalue weighted by Crippen LogP contribution is -2.26. The zero-order valence-electron chi connectivity index (χ0n) is 15.3. The molecule has 0 heterocycles. The first kappa shape index (κ1) is 20.1. The highest BCUT2D eigenvalue weighted by molar-refractivity contribution is 6.31. The van der Waals surface area contributed by atoms with Crippen molar-refractivity contribution in [3.8, 4) is 5.75 Å². The van der Waals surface area contributed by atoms with Gasteiger partial charge in [-0.05, 0) is 54.9 Å². The molecule has 0 amide bonds. The van der Waals surface area contributed by atoms with Crippen LogP contribution in [0.15, 0.2) is 29.3 Å². The number of rotatable bonds is 7. The van der Waals surface area contributed by atoms with Crippen LogP contribution in [0, 0.1) is 5.92 Å². The van der Waals surface area contributed by atoms with E-state index in [2.05, 4.69) is 0 Å². The number of allylic oxidation sites excluding steroid dienone is 1. The summed E-state index contributed by atoms with van der Waals surface area (Å²) in [4.78, 5) is 10.7. The fourth-order valence-electron chi connectivity index (χ4n) is 4.15. The Kier molecular flexibility index (Phi) is 6.40. The number of carbonyl (C=O) groups is 1. The van der Waals surface area contributed by atoms with Crippen LogP contribution in [0.1, 0.15) is 56.9 Å². The minimum atomic E-state index is -2.65. The number of hydrogen-bond acceptors (Lipinski definition) is 2. The monoisotopic (exact) mass is 398 g/mol. The second kappa shape index (κ2) is 8.59. The molecule has 0 radical (unpaired) electrons. The fraction of sp³-hybridized carbons (Fsp3) is 0.571. The summed E-state index contributed by atoms with van der Waals surface area (Å²) < 4.78 is 33.7. The van der Waals surface area contributed by atoms with Crippen molar-refractivity contribution in [2.45, 2.75) is 63.7 Å². The van der Waals surface area contributed by atoms with E-state index in [-0.39, 0.29) is 25.9 Å². The minimum absolute atomic E-state index is 0.00659. The first-order chi connectivity index (χ1) is 12.8. The Morgan fingerprint density at radius 2 is 2.04 bits per heavy atom. The van der Waals surface area contributed by atoms with Crippen LogP contribution in [-0.2, 0) is 11.2 Å². The van der Waals surface area contributed by atoms with Crippen LogP contribution < -0.4 is 4.74 Å². The van der Waals surface area contributed by atoms with E-state index >= 15 is 0 Å². The Labute approximate surface area is 163 Å². The molecule has 0 saturated heterocycles. The van der Waals surface area contributed by atoms with Gasteiger partial charge in [-0.15, -0.1) is 0 Å². The average Bonchev–Trinajstić information content (AvgIpc) is 3.12. The van der Waals surface area contributed by atoms with Crippen molar-refractivity contribution in [3.63, 3.8) is 0 Å². The van der Waals surface area contributed by atoms with E-state index in [4.69, 9.17) is 21.4 Å². The van der Waals surface area contributed by atoms with Crippen LogP contribution in [-0.4, -0.2) is 23.6 Å². The van der Waals surface area contributed by atoms with E-state index in [0.29, 0.717) is 29.5 Å². The molecular formula is C21H25ClF2O3. The molecule has 6 heteroatoms. The maximum absolute atomic E-state index is 13.9. The maximum Gasteiger partial charge on any atom is 0.303 e. The molecule has 148 valence electrons. The summed E-state index contributed by atoms with van der Waals surface area (Å²) in [5.41, 5.74) is 2.66. The molecule has 27 heavy (non-hydrogen) atoms. The normalized spacial score (nSPS) is 20.1. The first-order valence-corrected chi connectivity index (χ1v) is 9.93. The standard InChI is InChI=1S/C21H25ClF2O3/c22-19-11-17(7-5-15(19)6-8-20(25)26)27-13-16-12-21(23,24)10-9-18(16)14-3-1-2-4-14/h5,7,11,14H,1-4,6,8-10,12-13H2,(H,25,26). The van der Waals surface area contributed by atoms with Gasteiger partial charge in [-0.1, -0.05) is 36.1 Å². The van der Waals surface area contributed by atoms with Crippen molar-refractivity contribution in [1.29, 1.82) is 0 Å². The van der Waals surface area contributed by atoms with Crippen molar-refractivity contribution in [3.05, 3.63) is 39.9 Å². The van der Waals surface area contributed by atoms with Gasteiger partial charge in [-0.3, -0.25) is 4.79 Å². The number of benzene rings is 1. The van der Waals surface area contributed by atoms with Crippen LogP contribution in [0.5, 0.6) is 5.75 Å². The number of halogens is 3. The summed E-state index contributed by atoms with van der Waals surface area (Å²) in [6.07, 6.45) is 5.06. The van der Waals surface area contributed by atoms with E-state index in [0.717, 1.165) is 24.0 Å². The topological polar surface area (TPSA) is 46.5 Å². The third-order valence-electron chi connectivity index (χ3n) is 5.58. The van der Waals surface area contributed by atoms with E-state index in [1.807, 2.05) is 0 Å². The van der Waals surface area contributed by atoms with Crippen LogP contribution in [0.4, 0.5) is 8.78 Å². The molecule has 0 aliphatic heterocycles. The Morgan fingerprint density at radius 3 is 2.70 bits per heavy atom. The largest absolute Gasteiger partial charge is 0.489 e.